The summed E-state index contributed by atoms with van der Waals surface area (Å²) >= 11 is 11.4. The lowest BCUT2D eigenvalue weighted by molar-refractivity contribution is 0.0958. The van der Waals surface area contributed by atoms with Crippen molar-refractivity contribution < 1.29 is 36.7 Å². The Morgan fingerprint density at radius 1 is 0.778 bits per heavy atom. The molecule has 3 rings (SSSR count). The highest BCUT2D eigenvalue weighted by molar-refractivity contribution is 7.88. The number of furan rings is 1. The Balaban J connectivity index is -0.000000241. The summed E-state index contributed by atoms with van der Waals surface area (Å²) in [6, 6.07) is 15.4. The van der Waals surface area contributed by atoms with E-state index < -0.39 is 10.0 Å². The van der Waals surface area contributed by atoms with Gasteiger partial charge in [-0.25, -0.2) is 13.1 Å². The Morgan fingerprint density at radius 2 is 1.18 bits per heavy atom. The van der Waals surface area contributed by atoms with E-state index in [0.29, 0.717) is 40.6 Å². The molecule has 45 heavy (non-hydrogen) atoms. The zero-order chi connectivity index (χ0) is 34.7. The number of benzene rings is 2. The molecule has 9 nitrogen and oxygen atoms in total. The minimum absolute atomic E-state index is 0. The number of Topliss-reactive ketones (excluding diaryl/α,β-unsaturated/α-hetero) is 3. The van der Waals surface area contributed by atoms with Crippen LogP contribution in [0.1, 0.15) is 92.6 Å². The first-order valence-electron chi connectivity index (χ1n) is 13.7. The van der Waals surface area contributed by atoms with Crippen molar-refractivity contribution in [3.8, 4) is 5.75 Å². The first-order chi connectivity index (χ1) is 20.7. The molecule has 0 radical (unpaired) electrons. The number of halogens is 2. The van der Waals surface area contributed by atoms with Crippen LogP contribution in [0.25, 0.3) is 0 Å². The van der Waals surface area contributed by atoms with Crippen LogP contribution in [0.5, 0.6) is 5.75 Å². The van der Waals surface area contributed by atoms with Gasteiger partial charge >= 0.3 is 0 Å². The van der Waals surface area contributed by atoms with E-state index in [1.165, 1.54) is 13.3 Å². The number of ether oxygens (including phenoxy) is 2. The fourth-order valence-electron chi connectivity index (χ4n) is 2.51. The smallest absolute Gasteiger partial charge is 0.208 e. The number of nitrogens with one attached hydrogen (secondary N) is 1. The van der Waals surface area contributed by atoms with Gasteiger partial charge in [0.2, 0.25) is 10.0 Å². The maximum Gasteiger partial charge on any atom is 0.208 e. The number of carbonyl (C=O) groups excluding carboxylic acids is 3. The summed E-state index contributed by atoms with van der Waals surface area (Å²) in [5.41, 5.74) is 1.33. The van der Waals surface area contributed by atoms with Crippen molar-refractivity contribution in [1.82, 2.24) is 4.72 Å². The average Bonchev–Trinajstić information content (AvgIpc) is 3.57. The highest BCUT2D eigenvalue weighted by Crippen LogP contribution is 2.19. The maximum absolute atomic E-state index is 11.2. The van der Waals surface area contributed by atoms with Crippen molar-refractivity contribution in [2.45, 2.75) is 61.3 Å². The SMILES string of the molecule is C.CC.CCC(=O)c1cc(Cl)cc(Cl)c1.CCC(=O)c1ccc(OC)cc1.CCC(=O)c1ccco1.CNS(C)(=O)=O.COC. The highest BCUT2D eigenvalue weighted by atomic mass is 35.5. The molecule has 256 valence electrons. The molecule has 0 fully saturated rings. The first kappa shape index (κ1) is 48.9. The van der Waals surface area contributed by atoms with Crippen LogP contribution in [0, 0.1) is 0 Å². The molecule has 0 atom stereocenters. The molecule has 3 aromatic rings. The number of sulfonamides is 1. The lowest BCUT2D eigenvalue weighted by atomic mass is 10.1. The summed E-state index contributed by atoms with van der Waals surface area (Å²) in [4.78, 5) is 33.2. The average molecular weight is 693 g/mol. The van der Waals surface area contributed by atoms with Gasteiger partial charge in [0.15, 0.2) is 23.1 Å². The predicted octanol–water partition coefficient (Wildman–Crippen LogP) is 8.84. The van der Waals surface area contributed by atoms with E-state index in [9.17, 15) is 22.8 Å². The van der Waals surface area contributed by atoms with Crippen molar-refractivity contribution in [2.75, 3.05) is 34.6 Å². The molecule has 0 aliphatic rings. The molecule has 2 aromatic carbocycles. The molecule has 0 unspecified atom stereocenters. The Hall–Kier alpha value is -3.02. The number of hydrogen-bond donors (Lipinski definition) is 1. The summed E-state index contributed by atoms with van der Waals surface area (Å²) in [5.74, 6) is 1.51. The fraction of sp³-hybridized carbons (Fsp3) is 0.424. The van der Waals surface area contributed by atoms with Crippen LogP contribution in [0.4, 0.5) is 0 Å². The van der Waals surface area contributed by atoms with Gasteiger partial charge in [-0.2, -0.15) is 0 Å². The van der Waals surface area contributed by atoms with Crippen molar-refractivity contribution in [3.63, 3.8) is 0 Å². The molecule has 0 saturated carbocycles. The molecule has 0 spiro atoms. The Morgan fingerprint density at radius 3 is 1.49 bits per heavy atom. The second-order valence-electron chi connectivity index (χ2n) is 8.08. The largest absolute Gasteiger partial charge is 0.497 e. The van der Waals surface area contributed by atoms with Gasteiger partial charge < -0.3 is 13.9 Å². The van der Waals surface area contributed by atoms with Crippen molar-refractivity contribution in [1.29, 1.82) is 0 Å². The summed E-state index contributed by atoms with van der Waals surface area (Å²) in [6.07, 6.45) is 4.13. The topological polar surface area (TPSA) is 129 Å². The van der Waals surface area contributed by atoms with Gasteiger partial charge in [0.25, 0.3) is 0 Å². The van der Waals surface area contributed by atoms with Crippen LogP contribution < -0.4 is 9.46 Å². The minimum atomic E-state index is -2.91. The molecule has 0 saturated heterocycles. The summed E-state index contributed by atoms with van der Waals surface area (Å²) < 4.78 is 35.9. The molecule has 0 bridgehead atoms. The summed E-state index contributed by atoms with van der Waals surface area (Å²) in [7, 11) is 3.32. The lowest BCUT2D eigenvalue weighted by Crippen LogP contribution is -2.15. The standard InChI is InChI=1S/C10H12O2.C9H8Cl2O.C7H8O2.C2H7NO2S.C2H6O.C2H6.CH4/c1-3-10(11)8-4-6-9(12-2)7-5-8;1-2-9(12)6-3-7(10)5-8(11)4-6;1-2-6(8)7-4-3-5-9-7;1-3-6(2,4)5;1-3-2;1-2;/h4-7H,3H2,1-2H3;3-5H,2H2,1H3;3-5H,2H2,1H3;3H,1-2H3;1-2H3;1-2H3;1H4. The summed E-state index contributed by atoms with van der Waals surface area (Å²) in [5, 5.41) is 0.999. The van der Waals surface area contributed by atoms with Gasteiger partial charge in [0.05, 0.1) is 19.6 Å². The lowest BCUT2D eigenvalue weighted by Gasteiger charge is -2.00. The monoisotopic (exact) mass is 691 g/mol. The van der Waals surface area contributed by atoms with Crippen LogP contribution in [0.2, 0.25) is 10.0 Å². The molecule has 1 N–H and O–H groups in total. The molecule has 1 heterocycles. The number of rotatable bonds is 8. The normalized spacial score (nSPS) is 9.16. The van der Waals surface area contributed by atoms with Crippen LogP contribution in [-0.4, -0.2) is 60.4 Å². The second kappa shape index (κ2) is 29.7. The van der Waals surface area contributed by atoms with Crippen LogP contribution >= 0.6 is 23.2 Å². The molecule has 0 aliphatic carbocycles. The fourth-order valence-corrected chi connectivity index (χ4v) is 3.04. The molecule has 12 heteroatoms. The number of ketones is 3. The van der Waals surface area contributed by atoms with Crippen LogP contribution in [-0.2, 0) is 14.8 Å². The van der Waals surface area contributed by atoms with E-state index in [1.807, 2.05) is 27.7 Å². The van der Waals surface area contributed by atoms with E-state index in [1.54, 1.807) is 82.9 Å². The minimum Gasteiger partial charge on any atom is -0.497 e. The second-order valence-corrected chi connectivity index (χ2v) is 10.9. The van der Waals surface area contributed by atoms with E-state index in [4.69, 9.17) is 32.4 Å². The van der Waals surface area contributed by atoms with Gasteiger partial charge in [0, 0.05) is 54.7 Å². The van der Waals surface area contributed by atoms with Gasteiger partial charge in [0.1, 0.15) is 5.75 Å². The van der Waals surface area contributed by atoms with Crippen LogP contribution in [0.3, 0.4) is 0 Å². The van der Waals surface area contributed by atoms with E-state index in [-0.39, 0.29) is 24.8 Å². The molecule has 1 aromatic heterocycles. The van der Waals surface area contributed by atoms with E-state index in [0.717, 1.165) is 17.6 Å². The van der Waals surface area contributed by atoms with Crippen molar-refractivity contribution in [2.24, 2.45) is 0 Å². The maximum atomic E-state index is 11.2. The van der Waals surface area contributed by atoms with Gasteiger partial charge in [-0.3, -0.25) is 14.4 Å². The van der Waals surface area contributed by atoms with Crippen molar-refractivity contribution in [3.05, 3.63) is 87.8 Å². The van der Waals surface area contributed by atoms with Gasteiger partial charge in [-0.1, -0.05) is 65.2 Å². The van der Waals surface area contributed by atoms with E-state index in [2.05, 4.69) is 9.46 Å². The Bertz CT molecular complexity index is 1270. The highest BCUT2D eigenvalue weighted by Gasteiger charge is 2.05. The quantitative estimate of drug-likeness (QED) is 0.232. The first-order valence-corrected chi connectivity index (χ1v) is 16.4. The van der Waals surface area contributed by atoms with E-state index >= 15 is 0 Å². The third-order valence-corrected chi connectivity index (χ3v) is 5.90. The number of carbonyl (C=O) groups is 3. The Labute approximate surface area is 280 Å². The van der Waals surface area contributed by atoms with Gasteiger partial charge in [-0.15, -0.1) is 0 Å². The van der Waals surface area contributed by atoms with Gasteiger partial charge in [-0.05, 0) is 61.6 Å². The molecule has 0 aliphatic heterocycles. The Kier molecular flexibility index (Phi) is 32.2. The third kappa shape index (κ3) is 26.0. The summed E-state index contributed by atoms with van der Waals surface area (Å²) in [6.45, 7) is 9.47. The molecular weight excluding hydrogens is 641 g/mol. The van der Waals surface area contributed by atoms with Crippen LogP contribution in [0.15, 0.2) is 65.3 Å². The molecule has 0 amide bonds. The molecular formula is C33H51Cl2NO8S. The zero-order valence-corrected chi connectivity index (χ0v) is 29.7. The van der Waals surface area contributed by atoms with Crippen molar-refractivity contribution >= 4 is 50.6 Å². The zero-order valence-electron chi connectivity index (χ0n) is 27.3. The third-order valence-electron chi connectivity index (χ3n) is 4.73. The number of methoxy groups -OCH3 is 2. The number of hydrogen-bond acceptors (Lipinski definition) is 8. The predicted molar refractivity (Wildman–Crippen MR) is 187 cm³/mol.